The summed E-state index contributed by atoms with van der Waals surface area (Å²) in [5.41, 5.74) is -3.82. The fourth-order valence-corrected chi connectivity index (χ4v) is 5.94. The number of aromatic nitrogens is 1. The minimum Gasteiger partial charge on any atom is -0.466 e. The molecule has 14 nitrogen and oxygen atoms in total. The van der Waals surface area contributed by atoms with E-state index in [1.807, 2.05) is 0 Å². The number of benzene rings is 2. The highest BCUT2D eigenvalue weighted by molar-refractivity contribution is 5.91. The lowest BCUT2D eigenvalue weighted by atomic mass is 9.81. The maximum atomic E-state index is 17.3. The SMILES string of the molecule is COC(=O)[C@@](O)(C(C)C)N1C(c2cccc(OC(=O)c3ccccc3)c2)C(F)(F)C(O)C(C)NOC(=O)[C@]1(NC(=O)OCc1cccnc1)C(C)C. The van der Waals surface area contributed by atoms with Gasteiger partial charge in [0.2, 0.25) is 11.4 Å². The summed E-state index contributed by atoms with van der Waals surface area (Å²) in [4.78, 5) is 64.4. The molecule has 16 heteroatoms. The number of aliphatic hydroxyl groups excluding tert-OH is 1. The van der Waals surface area contributed by atoms with Crippen LogP contribution >= 0.6 is 0 Å². The number of aliphatic hydroxyl groups is 2. The summed E-state index contributed by atoms with van der Waals surface area (Å²) >= 11 is 0. The number of alkyl halides is 2. The highest BCUT2D eigenvalue weighted by Crippen LogP contribution is 2.50. The monoisotopic (exact) mass is 728 g/mol. The first kappa shape index (κ1) is 39.8. The quantitative estimate of drug-likeness (QED) is 0.134. The lowest BCUT2D eigenvalue weighted by Crippen LogP contribution is -2.79. The van der Waals surface area contributed by atoms with Crippen molar-refractivity contribution in [2.45, 2.75) is 76.7 Å². The minimum atomic E-state index is -4.40. The summed E-state index contributed by atoms with van der Waals surface area (Å²) in [7, 11) is 0.895. The Morgan fingerprint density at radius 2 is 1.77 bits per heavy atom. The Morgan fingerprint density at radius 3 is 2.37 bits per heavy atom. The topological polar surface area (TPSA) is 186 Å². The van der Waals surface area contributed by atoms with Crippen LogP contribution in [0.2, 0.25) is 0 Å². The molecule has 1 fully saturated rings. The maximum Gasteiger partial charge on any atom is 0.409 e. The van der Waals surface area contributed by atoms with Crippen molar-refractivity contribution in [3.8, 4) is 5.75 Å². The molecule has 4 rings (SSSR count). The molecule has 52 heavy (non-hydrogen) atoms. The van der Waals surface area contributed by atoms with E-state index >= 15 is 8.78 Å². The van der Waals surface area contributed by atoms with Crippen LogP contribution < -0.4 is 15.5 Å². The number of methoxy groups -OCH3 is 1. The number of esters is 2. The second-order valence-corrected chi connectivity index (χ2v) is 12.9. The molecule has 4 N–H and O–H groups in total. The maximum absolute atomic E-state index is 17.3. The molecular weight excluding hydrogens is 686 g/mol. The number of carbonyl (C=O) groups excluding carboxylic acids is 4. The summed E-state index contributed by atoms with van der Waals surface area (Å²) in [6.07, 6.45) is -1.11. The van der Waals surface area contributed by atoms with Crippen LogP contribution in [0, 0.1) is 11.8 Å². The van der Waals surface area contributed by atoms with E-state index in [9.17, 15) is 29.4 Å². The average molecular weight is 729 g/mol. The molecule has 280 valence electrons. The predicted octanol–water partition coefficient (Wildman–Crippen LogP) is 3.89. The molecule has 1 amide bonds. The van der Waals surface area contributed by atoms with Gasteiger partial charge in [0.05, 0.1) is 18.7 Å². The number of hydrogen-bond acceptors (Lipinski definition) is 13. The molecule has 0 spiro atoms. The number of pyridine rings is 1. The van der Waals surface area contributed by atoms with E-state index in [4.69, 9.17) is 19.0 Å². The van der Waals surface area contributed by atoms with Crippen LogP contribution in [0.1, 0.15) is 62.1 Å². The average Bonchev–Trinajstić information content (AvgIpc) is 3.15. The third kappa shape index (κ3) is 7.74. The van der Waals surface area contributed by atoms with Crippen LogP contribution in [0.15, 0.2) is 79.1 Å². The Balaban J connectivity index is 2.03. The Hall–Kier alpha value is -5.03. The number of hydrogen-bond donors (Lipinski definition) is 4. The molecule has 5 atom stereocenters. The molecule has 0 radical (unpaired) electrons. The van der Waals surface area contributed by atoms with Crippen LogP contribution in [0.5, 0.6) is 5.75 Å². The third-order valence-electron chi connectivity index (χ3n) is 8.79. The zero-order chi connectivity index (χ0) is 38.4. The van der Waals surface area contributed by atoms with E-state index in [0.717, 1.165) is 26.2 Å². The number of halogens is 2. The summed E-state index contributed by atoms with van der Waals surface area (Å²) in [6.45, 7) is 6.02. The molecule has 1 aliphatic heterocycles. The van der Waals surface area contributed by atoms with E-state index in [1.54, 1.807) is 30.3 Å². The molecule has 1 aliphatic rings. The number of amides is 1. The molecule has 3 unspecified atom stereocenters. The number of alkyl carbamates (subject to hydrolysis) is 1. The second-order valence-electron chi connectivity index (χ2n) is 12.9. The summed E-state index contributed by atoms with van der Waals surface area (Å²) in [6, 6.07) is 11.4. The van der Waals surface area contributed by atoms with Gasteiger partial charge in [-0.15, -0.1) is 5.48 Å². The Bertz CT molecular complexity index is 1730. The number of ether oxygens (including phenoxy) is 3. The molecule has 0 bridgehead atoms. The van der Waals surface area contributed by atoms with E-state index in [0.29, 0.717) is 10.5 Å². The first-order valence-corrected chi connectivity index (χ1v) is 16.4. The van der Waals surface area contributed by atoms with Crippen LogP contribution in [-0.2, 0) is 30.5 Å². The lowest BCUT2D eigenvalue weighted by molar-refractivity contribution is -0.269. The highest BCUT2D eigenvalue weighted by atomic mass is 19.3. The molecule has 1 aromatic heterocycles. The predicted molar refractivity (Wildman–Crippen MR) is 179 cm³/mol. The number of nitrogens with zero attached hydrogens (tertiary/aromatic N) is 2. The van der Waals surface area contributed by atoms with E-state index in [2.05, 4.69) is 15.8 Å². The van der Waals surface area contributed by atoms with Gasteiger partial charge >= 0.3 is 24.0 Å². The minimum absolute atomic E-state index is 0.146. The number of carbonyl (C=O) groups is 4. The number of hydroxylamine groups is 1. The first-order chi connectivity index (χ1) is 24.5. The van der Waals surface area contributed by atoms with Crippen molar-refractivity contribution in [2.24, 2.45) is 11.8 Å². The molecule has 2 heterocycles. The van der Waals surface area contributed by atoms with Gasteiger partial charge in [0.25, 0.3) is 5.92 Å². The van der Waals surface area contributed by atoms with E-state index < -0.39 is 76.9 Å². The van der Waals surface area contributed by atoms with Crippen molar-refractivity contribution in [3.05, 3.63) is 95.8 Å². The Morgan fingerprint density at radius 1 is 1.08 bits per heavy atom. The molecule has 1 saturated heterocycles. The van der Waals surface area contributed by atoms with Crippen molar-refractivity contribution >= 4 is 24.0 Å². The van der Waals surface area contributed by atoms with Crippen LogP contribution in [0.25, 0.3) is 0 Å². The van der Waals surface area contributed by atoms with Gasteiger partial charge in [-0.05, 0) is 42.8 Å². The summed E-state index contributed by atoms with van der Waals surface area (Å²) in [5.74, 6) is -11.1. The third-order valence-corrected chi connectivity index (χ3v) is 8.79. The molecule has 0 aliphatic carbocycles. The largest absolute Gasteiger partial charge is 0.466 e. The fourth-order valence-electron chi connectivity index (χ4n) is 5.94. The van der Waals surface area contributed by atoms with E-state index in [-0.39, 0.29) is 17.9 Å². The van der Waals surface area contributed by atoms with Crippen molar-refractivity contribution in [3.63, 3.8) is 0 Å². The molecule has 3 aromatic rings. The molecule has 0 saturated carbocycles. The van der Waals surface area contributed by atoms with Gasteiger partial charge in [0.15, 0.2) is 0 Å². The van der Waals surface area contributed by atoms with Gasteiger partial charge in [0.1, 0.15) is 24.5 Å². The Labute approximate surface area is 299 Å². The zero-order valence-corrected chi connectivity index (χ0v) is 29.4. The van der Waals surface area contributed by atoms with Gasteiger partial charge in [0, 0.05) is 29.8 Å². The zero-order valence-electron chi connectivity index (χ0n) is 29.4. The second kappa shape index (κ2) is 16.1. The van der Waals surface area contributed by atoms with Gasteiger partial charge < -0.3 is 29.3 Å². The van der Waals surface area contributed by atoms with Crippen molar-refractivity contribution in [2.75, 3.05) is 7.11 Å². The van der Waals surface area contributed by atoms with Gasteiger partial charge in [-0.1, -0.05) is 64.1 Å². The molecule has 2 aromatic carbocycles. The van der Waals surface area contributed by atoms with Crippen molar-refractivity contribution in [1.82, 2.24) is 20.7 Å². The normalized spacial score (nSPS) is 23.3. The fraction of sp³-hybridized carbons (Fsp3) is 0.417. The summed E-state index contributed by atoms with van der Waals surface area (Å²) < 4.78 is 50.4. The van der Waals surface area contributed by atoms with Crippen LogP contribution in [0.4, 0.5) is 13.6 Å². The van der Waals surface area contributed by atoms with E-state index in [1.165, 1.54) is 64.4 Å². The van der Waals surface area contributed by atoms with Crippen LogP contribution in [0.3, 0.4) is 0 Å². The van der Waals surface area contributed by atoms with Crippen molar-refractivity contribution in [1.29, 1.82) is 0 Å². The molecular formula is C36H42F2N4O10. The standard InChI is InChI=1S/C36H42F2N4O10/c1-21(2)35(40-33(47)50-20-24-12-11-17-39-19-24)31(45)52-41-23(5)29(43)34(37,38)28(42(35)36(48,22(3)4)32(46)49-6)26-15-10-16-27(18-26)51-30(44)25-13-8-7-9-14-25/h7-19,21-23,28-29,41,43,48H,20H2,1-6H3,(H,40,47)/t23?,28?,29?,35-,36-/m0/s1. The number of nitrogens with one attached hydrogen (secondary N) is 2. The smallest absolute Gasteiger partial charge is 0.409 e. The van der Waals surface area contributed by atoms with Gasteiger partial charge in [-0.25, -0.2) is 32.9 Å². The summed E-state index contributed by atoms with van der Waals surface area (Å²) in [5, 5.41) is 26.1. The lowest BCUT2D eigenvalue weighted by Gasteiger charge is -2.55. The van der Waals surface area contributed by atoms with Crippen molar-refractivity contribution < 1.29 is 57.2 Å². The first-order valence-electron chi connectivity index (χ1n) is 16.4. The van der Waals surface area contributed by atoms with Gasteiger partial charge in [-0.2, -0.15) is 0 Å². The highest BCUT2D eigenvalue weighted by Gasteiger charge is 2.69. The Kier molecular flexibility index (Phi) is 12.3. The number of rotatable bonds is 10. The van der Waals surface area contributed by atoms with Crippen LogP contribution in [-0.4, -0.2) is 80.7 Å². The van der Waals surface area contributed by atoms with Gasteiger partial charge in [-0.3, -0.25) is 10.3 Å².